The predicted molar refractivity (Wildman–Crippen MR) is 74.9 cm³/mol. The molecule has 1 aromatic rings. The molecule has 3 nitrogen and oxygen atoms in total. The smallest absolute Gasteiger partial charge is 0.0857 e. The summed E-state index contributed by atoms with van der Waals surface area (Å²) in [7, 11) is 4.18. The predicted octanol–water partition coefficient (Wildman–Crippen LogP) is 3.93. The minimum Gasteiger partial charge on any atom is -0.300 e. The number of hydrogen-bond acceptors (Lipinski definition) is 3. The Morgan fingerprint density at radius 1 is 1.11 bits per heavy atom. The van der Waals surface area contributed by atoms with E-state index in [-0.39, 0.29) is 5.54 Å². The molecule has 94 valence electrons. The monoisotopic (exact) mass is 241 g/mol. The van der Waals surface area contributed by atoms with Gasteiger partial charge in [0.2, 0.25) is 0 Å². The Hall–Kier alpha value is -1.74. The van der Waals surface area contributed by atoms with Crippen LogP contribution in [-0.2, 0) is 0 Å². The molecule has 0 spiro atoms. The van der Waals surface area contributed by atoms with E-state index in [0.29, 0.717) is 0 Å². The lowest BCUT2D eigenvalue weighted by molar-refractivity contribution is 0.230. The molecule has 1 aliphatic rings. The van der Waals surface area contributed by atoms with Crippen molar-refractivity contribution < 1.29 is 0 Å². The van der Waals surface area contributed by atoms with Crippen molar-refractivity contribution >= 4 is 5.69 Å². The number of allylic oxidation sites excluding steroid dienone is 1. The van der Waals surface area contributed by atoms with Gasteiger partial charge in [-0.3, -0.25) is 0 Å². The van der Waals surface area contributed by atoms with Crippen molar-refractivity contribution in [2.45, 2.75) is 18.9 Å². The molecule has 0 N–H and O–H groups in total. The molecule has 2 rings (SSSR count). The van der Waals surface area contributed by atoms with E-state index in [1.165, 1.54) is 0 Å². The third kappa shape index (κ3) is 2.93. The van der Waals surface area contributed by atoms with Crippen LogP contribution in [0, 0.1) is 0 Å². The summed E-state index contributed by atoms with van der Waals surface area (Å²) in [5.41, 5.74) is 1.90. The Bertz CT molecular complexity index is 486. The summed E-state index contributed by atoms with van der Waals surface area (Å²) >= 11 is 0. The van der Waals surface area contributed by atoms with Crippen LogP contribution in [0.1, 0.15) is 13.3 Å². The highest BCUT2D eigenvalue weighted by molar-refractivity contribution is 5.36. The maximum Gasteiger partial charge on any atom is 0.0857 e. The number of rotatable bonds is 3. The topological polar surface area (TPSA) is 28.0 Å². The van der Waals surface area contributed by atoms with Gasteiger partial charge in [-0.25, -0.2) is 0 Å². The van der Waals surface area contributed by atoms with Crippen molar-refractivity contribution in [3.05, 3.63) is 54.3 Å². The Morgan fingerprint density at radius 3 is 2.39 bits per heavy atom. The molecule has 0 aromatic heterocycles. The first-order valence-electron chi connectivity index (χ1n) is 6.14. The van der Waals surface area contributed by atoms with Crippen molar-refractivity contribution in [2.24, 2.45) is 10.2 Å². The fourth-order valence-corrected chi connectivity index (χ4v) is 1.73. The Morgan fingerprint density at radius 2 is 1.83 bits per heavy atom. The lowest BCUT2D eigenvalue weighted by atomic mass is 9.91. The zero-order valence-electron chi connectivity index (χ0n) is 11.2. The average Bonchev–Trinajstić information content (AvgIpc) is 2.39. The van der Waals surface area contributed by atoms with E-state index in [9.17, 15) is 0 Å². The van der Waals surface area contributed by atoms with Crippen LogP contribution in [0.25, 0.3) is 0 Å². The molecule has 3 heteroatoms. The number of benzene rings is 1. The second kappa shape index (κ2) is 5.27. The molecule has 1 aromatic carbocycles. The summed E-state index contributed by atoms with van der Waals surface area (Å²) in [5, 5.41) is 8.47. The van der Waals surface area contributed by atoms with Gasteiger partial charge in [-0.05, 0) is 45.6 Å². The van der Waals surface area contributed by atoms with E-state index in [4.69, 9.17) is 0 Å². The molecule has 0 radical (unpaired) electrons. The van der Waals surface area contributed by atoms with Crippen LogP contribution in [-0.4, -0.2) is 24.5 Å². The fourth-order valence-electron chi connectivity index (χ4n) is 1.73. The minimum atomic E-state index is 0.0891. The molecule has 0 aliphatic heterocycles. The Labute approximate surface area is 109 Å². The van der Waals surface area contributed by atoms with Crippen LogP contribution in [0.2, 0.25) is 0 Å². The molecule has 0 fully saturated rings. The molecular formula is C15H19N3. The molecule has 18 heavy (non-hydrogen) atoms. The molecule has 0 saturated carbocycles. The highest BCUT2D eigenvalue weighted by Gasteiger charge is 2.24. The van der Waals surface area contributed by atoms with Gasteiger partial charge in [-0.15, -0.1) is 0 Å². The molecule has 0 saturated heterocycles. The second-order valence-electron chi connectivity index (χ2n) is 4.95. The molecule has 0 heterocycles. The standard InChI is InChI=1S/C15H19N3/c1-15(18(2)3)11-9-14(10-12-15)17-16-13-7-5-4-6-8-13/h4-11H,12H2,1-3H3/t15-/m0/s1. The van der Waals surface area contributed by atoms with E-state index in [1.54, 1.807) is 0 Å². The molecule has 0 bridgehead atoms. The van der Waals surface area contributed by atoms with Crippen LogP contribution < -0.4 is 0 Å². The van der Waals surface area contributed by atoms with E-state index in [2.05, 4.69) is 48.3 Å². The van der Waals surface area contributed by atoms with Crippen molar-refractivity contribution in [2.75, 3.05) is 14.1 Å². The summed E-state index contributed by atoms with van der Waals surface area (Å²) in [4.78, 5) is 2.21. The molecular weight excluding hydrogens is 222 g/mol. The Balaban J connectivity index is 2.04. The molecule has 0 unspecified atom stereocenters. The summed E-state index contributed by atoms with van der Waals surface area (Å²) in [6.07, 6.45) is 7.31. The van der Waals surface area contributed by atoms with Gasteiger partial charge in [-0.1, -0.05) is 30.4 Å². The van der Waals surface area contributed by atoms with Crippen LogP contribution in [0.5, 0.6) is 0 Å². The van der Waals surface area contributed by atoms with Crippen molar-refractivity contribution in [1.29, 1.82) is 0 Å². The van der Waals surface area contributed by atoms with Crippen molar-refractivity contribution in [3.63, 3.8) is 0 Å². The van der Waals surface area contributed by atoms with E-state index < -0.39 is 0 Å². The van der Waals surface area contributed by atoms with Crippen molar-refractivity contribution in [3.8, 4) is 0 Å². The summed E-state index contributed by atoms with van der Waals surface area (Å²) in [6, 6.07) is 9.79. The SMILES string of the molecule is CN(C)[C@@]1(C)C=CC(N=Nc2ccccc2)=CC1. The van der Waals surface area contributed by atoms with Crippen molar-refractivity contribution in [1.82, 2.24) is 4.90 Å². The quantitative estimate of drug-likeness (QED) is 0.737. The lowest BCUT2D eigenvalue weighted by Gasteiger charge is -2.34. The number of hydrogen-bond donors (Lipinski definition) is 0. The van der Waals surface area contributed by atoms with Crippen LogP contribution in [0.3, 0.4) is 0 Å². The van der Waals surface area contributed by atoms with Gasteiger partial charge in [-0.2, -0.15) is 10.2 Å². The normalized spacial score (nSPS) is 23.7. The van der Waals surface area contributed by atoms with E-state index in [0.717, 1.165) is 17.8 Å². The third-order valence-electron chi connectivity index (χ3n) is 3.40. The van der Waals surface area contributed by atoms with Gasteiger partial charge in [0.25, 0.3) is 0 Å². The average molecular weight is 241 g/mol. The maximum atomic E-state index is 4.26. The zero-order chi connectivity index (χ0) is 13.0. The lowest BCUT2D eigenvalue weighted by Crippen LogP contribution is -2.39. The summed E-state index contributed by atoms with van der Waals surface area (Å²) in [6.45, 7) is 2.21. The highest BCUT2D eigenvalue weighted by atomic mass is 15.1. The maximum absolute atomic E-state index is 4.26. The number of likely N-dealkylation sites (N-methyl/N-ethyl adjacent to an activating group) is 1. The summed E-state index contributed by atoms with van der Waals surface area (Å²) in [5.74, 6) is 0. The highest BCUT2D eigenvalue weighted by Crippen LogP contribution is 2.26. The van der Waals surface area contributed by atoms with Gasteiger partial charge in [0.1, 0.15) is 0 Å². The first-order valence-corrected chi connectivity index (χ1v) is 6.14. The van der Waals surface area contributed by atoms with Gasteiger partial charge in [0, 0.05) is 5.54 Å². The first kappa shape index (κ1) is 12.7. The van der Waals surface area contributed by atoms with E-state index >= 15 is 0 Å². The zero-order valence-corrected chi connectivity index (χ0v) is 11.2. The fraction of sp³-hybridized carbons (Fsp3) is 0.333. The van der Waals surface area contributed by atoms with Crippen LogP contribution in [0.4, 0.5) is 5.69 Å². The minimum absolute atomic E-state index is 0.0891. The van der Waals surface area contributed by atoms with Crippen LogP contribution >= 0.6 is 0 Å². The molecule has 1 atom stereocenters. The third-order valence-corrected chi connectivity index (χ3v) is 3.40. The second-order valence-corrected chi connectivity index (χ2v) is 4.95. The summed E-state index contributed by atoms with van der Waals surface area (Å²) < 4.78 is 0. The van der Waals surface area contributed by atoms with Gasteiger partial charge in [0.05, 0.1) is 11.4 Å². The van der Waals surface area contributed by atoms with Gasteiger partial charge >= 0.3 is 0 Å². The van der Waals surface area contributed by atoms with Gasteiger partial charge < -0.3 is 4.90 Å². The largest absolute Gasteiger partial charge is 0.300 e. The molecule has 1 aliphatic carbocycles. The number of azo groups is 1. The van der Waals surface area contributed by atoms with Gasteiger partial charge in [0.15, 0.2) is 0 Å². The molecule has 0 amide bonds. The first-order chi connectivity index (χ1) is 8.60. The van der Waals surface area contributed by atoms with Crippen LogP contribution in [0.15, 0.2) is 64.5 Å². The van der Waals surface area contributed by atoms with E-state index in [1.807, 2.05) is 36.4 Å². The number of nitrogens with zero attached hydrogens (tertiary/aromatic N) is 3. The Kier molecular flexibility index (Phi) is 3.72.